The highest BCUT2D eigenvalue weighted by atomic mass is 35.7. The van der Waals surface area contributed by atoms with E-state index in [1.54, 1.807) is 0 Å². The first-order valence-corrected chi connectivity index (χ1v) is 6.35. The Labute approximate surface area is 88.0 Å². The number of anilines is 1. The van der Waals surface area contributed by atoms with E-state index < -0.39 is 15.1 Å². The van der Waals surface area contributed by atoms with Gasteiger partial charge in [0.15, 0.2) is 9.34 Å². The minimum atomic E-state index is -3.85. The van der Waals surface area contributed by atoms with Crippen LogP contribution in [0.25, 0.3) is 0 Å². The lowest BCUT2D eigenvalue weighted by atomic mass is 10.6. The van der Waals surface area contributed by atoms with Crippen LogP contribution in [0.1, 0.15) is 5.69 Å². The predicted octanol–water partition coefficient (Wildman–Crippen LogP) is 1.47. The first kappa shape index (κ1) is 11.2. The Bertz CT molecular complexity index is 466. The highest BCUT2D eigenvalue weighted by molar-refractivity contribution is 8.15. The summed E-state index contributed by atoms with van der Waals surface area (Å²) < 4.78 is 21.7. The SMILES string of the molecule is Cc1nc(NC(=O)O)sc1S(=O)(=O)Cl. The summed E-state index contributed by atoms with van der Waals surface area (Å²) in [6.45, 7) is 1.43. The number of carbonyl (C=O) groups is 1. The molecule has 14 heavy (non-hydrogen) atoms. The quantitative estimate of drug-likeness (QED) is 0.781. The molecule has 0 aliphatic carbocycles. The molecule has 2 N–H and O–H groups in total. The van der Waals surface area contributed by atoms with Crippen molar-refractivity contribution in [3.05, 3.63) is 5.69 Å². The number of hydrogen-bond acceptors (Lipinski definition) is 5. The van der Waals surface area contributed by atoms with E-state index in [2.05, 4.69) is 4.98 Å². The number of carboxylic acid groups (broad SMARTS) is 1. The standard InChI is InChI=1S/C5H5ClN2O4S2/c1-2-3(14(6,11)12)13-4(7-2)8-5(9)10/h1H3,(H,7,8)(H,9,10). The normalized spacial score (nSPS) is 11.3. The van der Waals surface area contributed by atoms with Gasteiger partial charge in [-0.2, -0.15) is 0 Å². The number of hydrogen-bond donors (Lipinski definition) is 2. The number of nitrogens with one attached hydrogen (secondary N) is 1. The molecule has 1 rings (SSSR count). The summed E-state index contributed by atoms with van der Waals surface area (Å²) in [5.41, 5.74) is 0.175. The molecule has 1 amide bonds. The van der Waals surface area contributed by atoms with Gasteiger partial charge in [-0.25, -0.2) is 18.2 Å². The van der Waals surface area contributed by atoms with Crippen molar-refractivity contribution < 1.29 is 18.3 Å². The molecular formula is C5H5ClN2O4S2. The van der Waals surface area contributed by atoms with Gasteiger partial charge in [0.05, 0.1) is 5.69 Å². The van der Waals surface area contributed by atoms with Gasteiger partial charge in [0.1, 0.15) is 0 Å². The van der Waals surface area contributed by atoms with Crippen LogP contribution in [0.3, 0.4) is 0 Å². The van der Waals surface area contributed by atoms with Crippen LogP contribution in [0.5, 0.6) is 0 Å². The fraction of sp³-hybridized carbons (Fsp3) is 0.200. The lowest BCUT2D eigenvalue weighted by molar-refractivity contribution is 0.209. The maximum absolute atomic E-state index is 10.9. The van der Waals surface area contributed by atoms with Crippen LogP contribution in [0.2, 0.25) is 0 Å². The first-order chi connectivity index (χ1) is 6.30. The molecule has 0 aliphatic rings. The molecule has 9 heteroatoms. The Morgan fingerprint density at radius 2 is 2.21 bits per heavy atom. The van der Waals surface area contributed by atoms with Crippen LogP contribution in [0.15, 0.2) is 4.21 Å². The summed E-state index contributed by atoms with van der Waals surface area (Å²) in [5.74, 6) is 0. The summed E-state index contributed by atoms with van der Waals surface area (Å²) in [5, 5.41) is 10.3. The van der Waals surface area contributed by atoms with Crippen molar-refractivity contribution >= 4 is 42.3 Å². The lowest BCUT2D eigenvalue weighted by Gasteiger charge is -1.90. The molecule has 0 spiro atoms. The second kappa shape index (κ2) is 3.71. The van der Waals surface area contributed by atoms with E-state index in [1.165, 1.54) is 6.92 Å². The number of amides is 1. The van der Waals surface area contributed by atoms with Gasteiger partial charge in [0, 0.05) is 10.7 Å². The van der Waals surface area contributed by atoms with E-state index in [0.717, 1.165) is 0 Å². The number of halogens is 1. The summed E-state index contributed by atoms with van der Waals surface area (Å²) in [6.07, 6.45) is -1.31. The van der Waals surface area contributed by atoms with Gasteiger partial charge in [-0.15, -0.1) is 0 Å². The molecule has 0 fully saturated rings. The van der Waals surface area contributed by atoms with Crippen molar-refractivity contribution in [3.63, 3.8) is 0 Å². The molecule has 0 bridgehead atoms. The monoisotopic (exact) mass is 256 g/mol. The summed E-state index contributed by atoms with van der Waals surface area (Å²) in [7, 11) is 1.23. The highest BCUT2D eigenvalue weighted by Crippen LogP contribution is 2.29. The summed E-state index contributed by atoms with van der Waals surface area (Å²) >= 11 is 0.672. The molecule has 0 saturated heterocycles. The van der Waals surface area contributed by atoms with Gasteiger partial charge in [0.2, 0.25) is 0 Å². The Morgan fingerprint density at radius 3 is 2.57 bits per heavy atom. The van der Waals surface area contributed by atoms with Crippen molar-refractivity contribution in [2.24, 2.45) is 0 Å². The third-order valence-corrected chi connectivity index (χ3v) is 4.44. The Kier molecular flexibility index (Phi) is 2.98. The van der Waals surface area contributed by atoms with Gasteiger partial charge in [-0.05, 0) is 6.92 Å². The third-order valence-electron chi connectivity index (χ3n) is 1.19. The van der Waals surface area contributed by atoms with Gasteiger partial charge in [-0.3, -0.25) is 5.32 Å². The molecule has 0 unspecified atom stereocenters. The van der Waals surface area contributed by atoms with E-state index in [9.17, 15) is 13.2 Å². The molecule has 0 aromatic carbocycles. The fourth-order valence-corrected chi connectivity index (χ4v) is 3.10. The Hall–Kier alpha value is -0.860. The lowest BCUT2D eigenvalue weighted by Crippen LogP contribution is -2.06. The average Bonchev–Trinajstić information content (AvgIpc) is 2.27. The molecule has 78 valence electrons. The van der Waals surface area contributed by atoms with Crippen LogP contribution in [0.4, 0.5) is 9.93 Å². The topological polar surface area (TPSA) is 96.4 Å². The summed E-state index contributed by atoms with van der Waals surface area (Å²) in [4.78, 5) is 13.9. The molecular weight excluding hydrogens is 252 g/mol. The minimum absolute atomic E-state index is 0.0192. The van der Waals surface area contributed by atoms with E-state index in [4.69, 9.17) is 15.8 Å². The van der Waals surface area contributed by atoms with Gasteiger partial charge in [0.25, 0.3) is 9.05 Å². The first-order valence-electron chi connectivity index (χ1n) is 3.22. The van der Waals surface area contributed by atoms with Crippen molar-refractivity contribution in [3.8, 4) is 0 Å². The summed E-state index contributed by atoms with van der Waals surface area (Å²) in [6, 6.07) is 0. The van der Waals surface area contributed by atoms with Crippen LogP contribution in [-0.2, 0) is 9.05 Å². The van der Waals surface area contributed by atoms with E-state index in [1.807, 2.05) is 5.32 Å². The second-order valence-electron chi connectivity index (χ2n) is 2.26. The van der Waals surface area contributed by atoms with Crippen molar-refractivity contribution in [2.45, 2.75) is 11.1 Å². The Morgan fingerprint density at radius 1 is 1.64 bits per heavy atom. The van der Waals surface area contributed by atoms with Gasteiger partial charge in [-0.1, -0.05) is 11.3 Å². The van der Waals surface area contributed by atoms with E-state index >= 15 is 0 Å². The van der Waals surface area contributed by atoms with E-state index in [-0.39, 0.29) is 15.0 Å². The molecule has 1 aromatic rings. The predicted molar refractivity (Wildman–Crippen MR) is 51.5 cm³/mol. The van der Waals surface area contributed by atoms with E-state index in [0.29, 0.717) is 11.3 Å². The van der Waals surface area contributed by atoms with Crippen molar-refractivity contribution in [1.82, 2.24) is 4.98 Å². The number of nitrogens with zero attached hydrogens (tertiary/aromatic N) is 1. The Balaban J connectivity index is 3.12. The third kappa shape index (κ3) is 2.56. The smallest absolute Gasteiger partial charge is 0.410 e. The zero-order valence-electron chi connectivity index (χ0n) is 6.81. The van der Waals surface area contributed by atoms with Crippen LogP contribution < -0.4 is 5.32 Å². The number of rotatable bonds is 2. The zero-order chi connectivity index (χ0) is 10.9. The van der Waals surface area contributed by atoms with Gasteiger partial charge >= 0.3 is 6.09 Å². The molecule has 1 aromatic heterocycles. The van der Waals surface area contributed by atoms with Gasteiger partial charge < -0.3 is 5.11 Å². The molecule has 0 atom stereocenters. The van der Waals surface area contributed by atoms with Crippen molar-refractivity contribution in [2.75, 3.05) is 5.32 Å². The van der Waals surface area contributed by atoms with Crippen LogP contribution in [-0.4, -0.2) is 24.6 Å². The maximum atomic E-state index is 10.9. The minimum Gasteiger partial charge on any atom is -0.465 e. The van der Waals surface area contributed by atoms with Crippen molar-refractivity contribution in [1.29, 1.82) is 0 Å². The molecule has 0 aliphatic heterocycles. The largest absolute Gasteiger partial charge is 0.465 e. The number of aryl methyl sites for hydroxylation is 1. The molecule has 6 nitrogen and oxygen atoms in total. The van der Waals surface area contributed by atoms with Crippen LogP contribution in [0, 0.1) is 6.92 Å². The molecule has 0 saturated carbocycles. The average molecular weight is 257 g/mol. The molecule has 0 radical (unpaired) electrons. The zero-order valence-corrected chi connectivity index (χ0v) is 9.20. The number of aromatic nitrogens is 1. The molecule has 1 heterocycles. The fourth-order valence-electron chi connectivity index (χ4n) is 0.754. The maximum Gasteiger partial charge on any atom is 0.410 e. The number of thiazole rings is 1. The van der Waals surface area contributed by atoms with Crippen LogP contribution >= 0.6 is 22.0 Å². The highest BCUT2D eigenvalue weighted by Gasteiger charge is 2.19. The second-order valence-corrected chi connectivity index (χ2v) is 6.02.